The molecule has 0 saturated carbocycles. The van der Waals surface area contributed by atoms with E-state index in [1.54, 1.807) is 6.08 Å². The van der Waals surface area contributed by atoms with E-state index in [1.165, 1.54) is 21.9 Å². The Kier molecular flexibility index (Phi) is 6.91. The van der Waals surface area contributed by atoms with Gasteiger partial charge in [0.2, 0.25) is 0 Å². The van der Waals surface area contributed by atoms with Crippen molar-refractivity contribution in [1.82, 2.24) is 9.88 Å². The van der Waals surface area contributed by atoms with E-state index in [9.17, 15) is 10.1 Å². The lowest BCUT2D eigenvalue weighted by Crippen LogP contribution is -2.25. The van der Waals surface area contributed by atoms with E-state index >= 15 is 0 Å². The molecule has 4 heteroatoms. The van der Waals surface area contributed by atoms with Crippen LogP contribution in [0, 0.1) is 11.3 Å². The van der Waals surface area contributed by atoms with Gasteiger partial charge in [-0.3, -0.25) is 4.79 Å². The Morgan fingerprint density at radius 1 is 0.861 bits per heavy atom. The molecule has 0 spiro atoms. The standard InChI is InChI=1S/C32H27N3O/c33-21-27(32(36)34-19-9-12-24-10-2-1-3-11-24)20-28-23-35(31-18-7-6-17-30(28)31)22-26-15-8-14-25-13-4-5-16-29(25)26/h1-8,10-11,13-18,20,23H,9,12,19,22H2,(H,34,36)/b27-20-. The first-order chi connectivity index (χ1) is 17.7. The fourth-order valence-corrected chi connectivity index (χ4v) is 4.67. The fourth-order valence-electron chi connectivity index (χ4n) is 4.67. The van der Waals surface area contributed by atoms with E-state index in [-0.39, 0.29) is 11.5 Å². The Hall–Kier alpha value is -4.62. The van der Waals surface area contributed by atoms with Crippen molar-refractivity contribution in [3.63, 3.8) is 0 Å². The summed E-state index contributed by atoms with van der Waals surface area (Å²) in [5, 5.41) is 16.1. The number of benzene rings is 4. The monoisotopic (exact) mass is 469 g/mol. The Balaban J connectivity index is 1.37. The lowest BCUT2D eigenvalue weighted by Gasteiger charge is -2.09. The molecule has 0 atom stereocenters. The zero-order chi connectivity index (χ0) is 24.7. The van der Waals surface area contributed by atoms with E-state index in [4.69, 9.17) is 0 Å². The van der Waals surface area contributed by atoms with E-state index in [0.29, 0.717) is 13.1 Å². The van der Waals surface area contributed by atoms with Crippen molar-refractivity contribution in [1.29, 1.82) is 5.26 Å². The van der Waals surface area contributed by atoms with Crippen LogP contribution in [0.1, 0.15) is 23.1 Å². The summed E-state index contributed by atoms with van der Waals surface area (Å²) >= 11 is 0. The first kappa shape index (κ1) is 23.1. The van der Waals surface area contributed by atoms with Crippen molar-refractivity contribution in [2.75, 3.05) is 6.54 Å². The number of carbonyl (C=O) groups excluding carboxylic acids is 1. The topological polar surface area (TPSA) is 57.8 Å². The fraction of sp³-hybridized carbons (Fsp3) is 0.125. The highest BCUT2D eigenvalue weighted by Crippen LogP contribution is 2.26. The predicted octanol–water partition coefficient (Wildman–Crippen LogP) is 6.50. The third-order valence-corrected chi connectivity index (χ3v) is 6.48. The van der Waals surface area contributed by atoms with Gasteiger partial charge in [0, 0.05) is 35.8 Å². The molecule has 1 heterocycles. The van der Waals surface area contributed by atoms with E-state index < -0.39 is 0 Å². The van der Waals surface area contributed by atoms with Crippen LogP contribution in [0.15, 0.2) is 109 Å². The molecule has 1 amide bonds. The largest absolute Gasteiger partial charge is 0.351 e. The second-order valence-electron chi connectivity index (χ2n) is 8.88. The molecule has 176 valence electrons. The minimum absolute atomic E-state index is 0.114. The zero-order valence-corrected chi connectivity index (χ0v) is 20.0. The number of aryl methyl sites for hydroxylation is 1. The molecule has 5 rings (SSSR count). The van der Waals surface area contributed by atoms with Crippen molar-refractivity contribution >= 4 is 33.7 Å². The quantitative estimate of drug-likeness (QED) is 0.160. The van der Waals surface area contributed by atoms with Crippen LogP contribution in [0.2, 0.25) is 0 Å². The summed E-state index contributed by atoms with van der Waals surface area (Å²) in [6, 6.07) is 35.1. The van der Waals surface area contributed by atoms with Crippen LogP contribution < -0.4 is 5.32 Å². The molecule has 0 bridgehead atoms. The Labute approximate surface area is 211 Å². The van der Waals surface area contributed by atoms with Crippen LogP contribution in [0.3, 0.4) is 0 Å². The molecule has 0 radical (unpaired) electrons. The van der Waals surface area contributed by atoms with Gasteiger partial charge >= 0.3 is 0 Å². The first-order valence-corrected chi connectivity index (χ1v) is 12.2. The number of amides is 1. The van der Waals surface area contributed by atoms with Gasteiger partial charge in [-0.05, 0) is 46.9 Å². The van der Waals surface area contributed by atoms with Crippen LogP contribution in [-0.4, -0.2) is 17.0 Å². The van der Waals surface area contributed by atoms with Crippen LogP contribution in [0.5, 0.6) is 0 Å². The van der Waals surface area contributed by atoms with Crippen molar-refractivity contribution in [3.05, 3.63) is 126 Å². The lowest BCUT2D eigenvalue weighted by atomic mass is 10.0. The molecule has 0 saturated heterocycles. The highest BCUT2D eigenvalue weighted by molar-refractivity contribution is 6.04. The Bertz CT molecular complexity index is 1580. The van der Waals surface area contributed by atoms with E-state index in [2.05, 4.69) is 76.6 Å². The number of hydrogen-bond donors (Lipinski definition) is 1. The minimum Gasteiger partial charge on any atom is -0.351 e. The highest BCUT2D eigenvalue weighted by Gasteiger charge is 2.13. The van der Waals surface area contributed by atoms with Crippen molar-refractivity contribution in [3.8, 4) is 6.07 Å². The highest BCUT2D eigenvalue weighted by atomic mass is 16.1. The van der Waals surface area contributed by atoms with E-state index in [0.717, 1.165) is 29.3 Å². The third kappa shape index (κ3) is 5.06. The van der Waals surface area contributed by atoms with Gasteiger partial charge in [0.15, 0.2) is 0 Å². The predicted molar refractivity (Wildman–Crippen MR) is 146 cm³/mol. The summed E-state index contributed by atoms with van der Waals surface area (Å²) in [5.74, 6) is -0.337. The molecule has 5 aromatic rings. The lowest BCUT2D eigenvalue weighted by molar-refractivity contribution is -0.117. The van der Waals surface area contributed by atoms with Gasteiger partial charge in [0.25, 0.3) is 5.91 Å². The maximum absolute atomic E-state index is 12.8. The molecule has 4 aromatic carbocycles. The maximum atomic E-state index is 12.8. The molecule has 0 fully saturated rings. The second kappa shape index (κ2) is 10.8. The molecule has 36 heavy (non-hydrogen) atoms. The summed E-state index contributed by atoms with van der Waals surface area (Å²) in [5.41, 5.74) is 4.50. The number of nitrogens with one attached hydrogen (secondary N) is 1. The smallest absolute Gasteiger partial charge is 0.261 e. The average molecular weight is 470 g/mol. The maximum Gasteiger partial charge on any atom is 0.261 e. The van der Waals surface area contributed by atoms with Gasteiger partial charge in [-0.2, -0.15) is 5.26 Å². The zero-order valence-electron chi connectivity index (χ0n) is 20.0. The van der Waals surface area contributed by atoms with Gasteiger partial charge in [0.05, 0.1) is 0 Å². The average Bonchev–Trinajstić information content (AvgIpc) is 3.27. The number of para-hydroxylation sites is 1. The number of hydrogen-bond acceptors (Lipinski definition) is 2. The molecule has 1 aromatic heterocycles. The first-order valence-electron chi connectivity index (χ1n) is 12.2. The second-order valence-corrected chi connectivity index (χ2v) is 8.88. The van der Waals surface area contributed by atoms with Crippen molar-refractivity contribution < 1.29 is 4.79 Å². The van der Waals surface area contributed by atoms with Gasteiger partial charge in [-0.15, -0.1) is 0 Å². The number of nitriles is 1. The van der Waals surface area contributed by atoms with E-state index in [1.807, 2.05) is 42.6 Å². The molecule has 0 aliphatic heterocycles. The van der Waals surface area contributed by atoms with Gasteiger partial charge in [0.1, 0.15) is 11.6 Å². The Morgan fingerprint density at radius 2 is 1.58 bits per heavy atom. The summed E-state index contributed by atoms with van der Waals surface area (Å²) in [7, 11) is 0. The van der Waals surface area contributed by atoms with Crippen LogP contribution in [-0.2, 0) is 17.8 Å². The SMILES string of the molecule is N#C/C(=C/c1cn(Cc2cccc3ccccc23)c2ccccc12)C(=O)NCCCc1ccccc1. The molecule has 0 aliphatic rings. The minimum atomic E-state index is -0.337. The number of aromatic nitrogens is 1. The van der Waals surface area contributed by atoms with Crippen molar-refractivity contribution in [2.45, 2.75) is 19.4 Å². The van der Waals surface area contributed by atoms with Crippen molar-refractivity contribution in [2.24, 2.45) is 0 Å². The van der Waals surface area contributed by atoms with Gasteiger partial charge < -0.3 is 9.88 Å². The normalized spacial score (nSPS) is 11.5. The number of nitrogens with zero attached hydrogens (tertiary/aromatic N) is 2. The number of fused-ring (bicyclic) bond motifs is 2. The molecule has 1 N–H and O–H groups in total. The molecular weight excluding hydrogens is 442 g/mol. The Morgan fingerprint density at radius 3 is 2.42 bits per heavy atom. The summed E-state index contributed by atoms with van der Waals surface area (Å²) < 4.78 is 2.19. The molecular formula is C32H27N3O. The number of carbonyl (C=O) groups is 1. The summed E-state index contributed by atoms with van der Waals surface area (Å²) in [4.78, 5) is 12.8. The summed E-state index contributed by atoms with van der Waals surface area (Å²) in [6.45, 7) is 1.22. The molecule has 0 unspecified atom stereocenters. The van der Waals surface area contributed by atoms with Gasteiger partial charge in [-0.25, -0.2) is 0 Å². The van der Waals surface area contributed by atoms with Gasteiger partial charge in [-0.1, -0.05) is 91.0 Å². The molecule has 4 nitrogen and oxygen atoms in total. The number of rotatable bonds is 8. The summed E-state index contributed by atoms with van der Waals surface area (Å²) in [6.07, 6.45) is 5.44. The van der Waals surface area contributed by atoms with Crippen LogP contribution in [0.25, 0.3) is 27.8 Å². The molecule has 0 aliphatic carbocycles. The third-order valence-electron chi connectivity index (χ3n) is 6.48. The van der Waals surface area contributed by atoms with Crippen LogP contribution in [0.4, 0.5) is 0 Å². The van der Waals surface area contributed by atoms with Crippen LogP contribution >= 0.6 is 0 Å².